The number of rotatable bonds is 1. The van der Waals surface area contributed by atoms with Crippen molar-refractivity contribution in [1.29, 1.82) is 0 Å². The number of phenols is 1. The fraction of sp³-hybridized carbons (Fsp3) is 0.286. The third-order valence-electron chi connectivity index (χ3n) is 3.38. The number of hydrogen-bond acceptors (Lipinski definition) is 2. The van der Waals surface area contributed by atoms with Crippen molar-refractivity contribution in [3.05, 3.63) is 40.9 Å². The van der Waals surface area contributed by atoms with Crippen molar-refractivity contribution in [2.24, 2.45) is 0 Å². The molecular formula is C14H14ClNO. The van der Waals surface area contributed by atoms with E-state index >= 15 is 0 Å². The normalized spacial score (nSPS) is 19.9. The summed E-state index contributed by atoms with van der Waals surface area (Å²) in [5.41, 5.74) is 0.984. The molecule has 2 nitrogen and oxygen atoms in total. The van der Waals surface area contributed by atoms with E-state index in [4.69, 9.17) is 11.6 Å². The topological polar surface area (TPSA) is 32.3 Å². The summed E-state index contributed by atoms with van der Waals surface area (Å²) in [5, 5.41) is 16.3. The molecule has 3 rings (SSSR count). The lowest BCUT2D eigenvalue weighted by Gasteiger charge is -2.13. The Hall–Kier alpha value is -1.25. The zero-order chi connectivity index (χ0) is 11.8. The summed E-state index contributed by atoms with van der Waals surface area (Å²) in [6, 6.07) is 9.86. The molecule has 0 aliphatic carbocycles. The minimum atomic E-state index is 0.276. The van der Waals surface area contributed by atoms with Crippen molar-refractivity contribution in [1.82, 2.24) is 5.32 Å². The summed E-state index contributed by atoms with van der Waals surface area (Å²) in [4.78, 5) is 0. The highest BCUT2D eigenvalue weighted by Gasteiger charge is 2.19. The molecule has 17 heavy (non-hydrogen) atoms. The lowest BCUT2D eigenvalue weighted by molar-refractivity contribution is 0.458. The molecule has 1 aliphatic heterocycles. The quantitative estimate of drug-likeness (QED) is 0.807. The highest BCUT2D eigenvalue weighted by molar-refractivity contribution is 6.31. The molecule has 1 heterocycles. The van der Waals surface area contributed by atoms with Gasteiger partial charge in [0.25, 0.3) is 0 Å². The van der Waals surface area contributed by atoms with Gasteiger partial charge in [-0.1, -0.05) is 17.7 Å². The Labute approximate surface area is 105 Å². The van der Waals surface area contributed by atoms with Crippen LogP contribution >= 0.6 is 11.6 Å². The van der Waals surface area contributed by atoms with Gasteiger partial charge in [-0.25, -0.2) is 0 Å². The van der Waals surface area contributed by atoms with Crippen molar-refractivity contribution in [2.75, 3.05) is 6.54 Å². The number of halogens is 1. The molecule has 0 radical (unpaired) electrons. The lowest BCUT2D eigenvalue weighted by Crippen LogP contribution is -2.12. The van der Waals surface area contributed by atoms with Crippen molar-refractivity contribution in [2.45, 2.75) is 18.9 Å². The molecule has 2 aromatic carbocycles. The van der Waals surface area contributed by atoms with Gasteiger partial charge in [-0.05, 0) is 54.4 Å². The van der Waals surface area contributed by atoms with Gasteiger partial charge >= 0.3 is 0 Å². The van der Waals surface area contributed by atoms with Crippen LogP contribution < -0.4 is 5.32 Å². The molecule has 2 aromatic rings. The Morgan fingerprint density at radius 1 is 1.18 bits per heavy atom. The van der Waals surface area contributed by atoms with Crippen LogP contribution in [0.5, 0.6) is 5.75 Å². The largest absolute Gasteiger partial charge is 0.508 e. The second kappa shape index (κ2) is 4.21. The summed E-state index contributed by atoms with van der Waals surface area (Å²) in [5.74, 6) is 0.374. The van der Waals surface area contributed by atoms with Crippen LogP contribution in [0.2, 0.25) is 5.02 Å². The number of aromatic hydroxyl groups is 1. The van der Waals surface area contributed by atoms with Gasteiger partial charge in [0, 0.05) is 16.6 Å². The molecule has 2 N–H and O–H groups in total. The smallest absolute Gasteiger partial charge is 0.120 e. The maximum absolute atomic E-state index is 10.1. The van der Waals surface area contributed by atoms with Crippen LogP contribution in [0.3, 0.4) is 0 Å². The molecule has 1 fully saturated rings. The van der Waals surface area contributed by atoms with Crippen molar-refractivity contribution >= 4 is 22.4 Å². The maximum Gasteiger partial charge on any atom is 0.120 e. The summed E-state index contributed by atoms with van der Waals surface area (Å²) in [6.07, 6.45) is 2.25. The molecule has 0 spiro atoms. The molecule has 1 saturated heterocycles. The summed E-state index contributed by atoms with van der Waals surface area (Å²) >= 11 is 5.99. The average Bonchev–Trinajstić information content (AvgIpc) is 2.82. The fourth-order valence-corrected chi connectivity index (χ4v) is 2.68. The van der Waals surface area contributed by atoms with Gasteiger partial charge in [0.1, 0.15) is 5.75 Å². The highest BCUT2D eigenvalue weighted by Crippen LogP contribution is 2.34. The third kappa shape index (κ3) is 1.99. The minimum absolute atomic E-state index is 0.276. The summed E-state index contributed by atoms with van der Waals surface area (Å²) in [6.45, 7) is 1.03. The number of benzene rings is 2. The zero-order valence-corrected chi connectivity index (χ0v) is 10.2. The van der Waals surface area contributed by atoms with E-state index < -0.39 is 0 Å². The van der Waals surface area contributed by atoms with Crippen LogP contribution in [-0.2, 0) is 0 Å². The lowest BCUT2D eigenvalue weighted by atomic mass is 9.99. The van der Waals surface area contributed by atoms with E-state index in [-0.39, 0.29) is 6.04 Å². The first-order valence-electron chi connectivity index (χ1n) is 5.89. The number of phenolic OH excluding ortho intramolecular Hbond substituents is 1. The van der Waals surface area contributed by atoms with E-state index in [1.54, 1.807) is 0 Å². The van der Waals surface area contributed by atoms with E-state index in [0.29, 0.717) is 5.75 Å². The Balaban J connectivity index is 2.14. The van der Waals surface area contributed by atoms with Gasteiger partial charge in [0.05, 0.1) is 0 Å². The van der Waals surface area contributed by atoms with Crippen LogP contribution in [0.1, 0.15) is 24.4 Å². The molecule has 1 unspecified atom stereocenters. The maximum atomic E-state index is 10.1. The second-order valence-corrected chi connectivity index (χ2v) is 4.99. The van der Waals surface area contributed by atoms with Crippen LogP contribution in [0.25, 0.3) is 10.8 Å². The Morgan fingerprint density at radius 2 is 2.06 bits per heavy atom. The monoisotopic (exact) mass is 247 g/mol. The molecule has 0 aromatic heterocycles. The minimum Gasteiger partial charge on any atom is -0.508 e. The van der Waals surface area contributed by atoms with E-state index in [1.807, 2.05) is 30.3 Å². The zero-order valence-electron chi connectivity index (χ0n) is 9.41. The third-order valence-corrected chi connectivity index (χ3v) is 3.62. The first kappa shape index (κ1) is 10.9. The number of hydrogen-bond donors (Lipinski definition) is 2. The van der Waals surface area contributed by atoms with Gasteiger partial charge in [-0.2, -0.15) is 0 Å². The predicted molar refractivity (Wildman–Crippen MR) is 70.6 cm³/mol. The molecule has 1 aliphatic rings. The second-order valence-electron chi connectivity index (χ2n) is 4.55. The van der Waals surface area contributed by atoms with Gasteiger partial charge in [0.15, 0.2) is 0 Å². The summed E-state index contributed by atoms with van der Waals surface area (Å²) < 4.78 is 0. The first-order valence-corrected chi connectivity index (χ1v) is 6.27. The van der Waals surface area contributed by atoms with Gasteiger partial charge < -0.3 is 10.4 Å². The van der Waals surface area contributed by atoms with Gasteiger partial charge in [-0.3, -0.25) is 0 Å². The van der Waals surface area contributed by atoms with Gasteiger partial charge in [0.2, 0.25) is 0 Å². The van der Waals surface area contributed by atoms with Crippen LogP contribution in [0.4, 0.5) is 0 Å². The number of fused-ring (bicyclic) bond motifs is 1. The molecule has 0 bridgehead atoms. The molecule has 88 valence electrons. The Kier molecular flexibility index (Phi) is 2.69. The van der Waals surface area contributed by atoms with E-state index in [2.05, 4.69) is 5.32 Å². The van der Waals surface area contributed by atoms with Crippen LogP contribution in [0.15, 0.2) is 30.3 Å². The fourth-order valence-electron chi connectivity index (χ4n) is 2.50. The van der Waals surface area contributed by atoms with E-state index in [0.717, 1.165) is 40.7 Å². The van der Waals surface area contributed by atoms with Crippen molar-refractivity contribution in [3.8, 4) is 5.75 Å². The Bertz CT molecular complexity index is 561. The first-order chi connectivity index (χ1) is 8.24. The summed E-state index contributed by atoms with van der Waals surface area (Å²) in [7, 11) is 0. The van der Waals surface area contributed by atoms with Crippen LogP contribution in [0, 0.1) is 0 Å². The SMILES string of the molecule is Oc1cc2ccc(Cl)cc2cc1C1CCCN1. The Morgan fingerprint density at radius 3 is 2.82 bits per heavy atom. The van der Waals surface area contributed by atoms with Crippen molar-refractivity contribution < 1.29 is 5.11 Å². The molecule has 0 amide bonds. The molecular weight excluding hydrogens is 234 g/mol. The average molecular weight is 248 g/mol. The van der Waals surface area contributed by atoms with Crippen LogP contribution in [-0.4, -0.2) is 11.7 Å². The standard InChI is InChI=1S/C14H14ClNO/c15-11-4-3-9-8-14(17)12(7-10(9)6-11)13-2-1-5-16-13/h3-4,6-8,13,16-17H,1-2,5H2. The molecule has 0 saturated carbocycles. The van der Waals surface area contributed by atoms with E-state index in [1.165, 1.54) is 0 Å². The van der Waals surface area contributed by atoms with Gasteiger partial charge in [-0.15, -0.1) is 0 Å². The van der Waals surface area contributed by atoms with E-state index in [9.17, 15) is 5.11 Å². The molecule has 1 atom stereocenters. The molecule has 3 heteroatoms. The predicted octanol–water partition coefficient (Wildman–Crippen LogP) is 3.62. The van der Waals surface area contributed by atoms with Crippen molar-refractivity contribution in [3.63, 3.8) is 0 Å². The number of nitrogens with one attached hydrogen (secondary N) is 1. The highest BCUT2D eigenvalue weighted by atomic mass is 35.5.